The SMILES string of the molecule is CC(C)c1ccc2c(c1)NCC(C)(C)CO2. The minimum Gasteiger partial charge on any atom is -0.491 e. The molecule has 0 radical (unpaired) electrons. The van der Waals surface area contributed by atoms with E-state index in [2.05, 4.69) is 51.2 Å². The average molecular weight is 219 g/mol. The van der Waals surface area contributed by atoms with Gasteiger partial charge in [0.1, 0.15) is 5.75 Å². The van der Waals surface area contributed by atoms with Crippen molar-refractivity contribution in [1.29, 1.82) is 0 Å². The van der Waals surface area contributed by atoms with Crippen LogP contribution in [0.2, 0.25) is 0 Å². The second-order valence-corrected chi connectivity index (χ2v) is 5.72. The van der Waals surface area contributed by atoms with Crippen LogP contribution in [0.15, 0.2) is 18.2 Å². The van der Waals surface area contributed by atoms with Crippen molar-refractivity contribution in [2.75, 3.05) is 18.5 Å². The number of hydrogen-bond acceptors (Lipinski definition) is 2. The van der Waals surface area contributed by atoms with Gasteiger partial charge in [0.25, 0.3) is 0 Å². The molecular weight excluding hydrogens is 198 g/mol. The van der Waals surface area contributed by atoms with E-state index in [1.807, 2.05) is 0 Å². The molecule has 2 rings (SSSR count). The van der Waals surface area contributed by atoms with Gasteiger partial charge < -0.3 is 10.1 Å². The van der Waals surface area contributed by atoms with Crippen LogP contribution in [0.4, 0.5) is 5.69 Å². The zero-order valence-corrected chi connectivity index (χ0v) is 10.6. The monoisotopic (exact) mass is 219 g/mol. The molecule has 2 nitrogen and oxygen atoms in total. The highest BCUT2D eigenvalue weighted by Gasteiger charge is 2.23. The third-order valence-corrected chi connectivity index (χ3v) is 3.05. The van der Waals surface area contributed by atoms with Gasteiger partial charge in [-0.25, -0.2) is 0 Å². The largest absolute Gasteiger partial charge is 0.491 e. The predicted octanol–water partition coefficient (Wildman–Crippen LogP) is 3.64. The highest BCUT2D eigenvalue weighted by atomic mass is 16.5. The summed E-state index contributed by atoms with van der Waals surface area (Å²) in [4.78, 5) is 0. The molecule has 1 aliphatic heterocycles. The summed E-state index contributed by atoms with van der Waals surface area (Å²) in [5, 5.41) is 3.49. The van der Waals surface area contributed by atoms with Gasteiger partial charge in [-0.1, -0.05) is 33.8 Å². The summed E-state index contributed by atoms with van der Waals surface area (Å²) in [5.74, 6) is 1.54. The topological polar surface area (TPSA) is 21.3 Å². The summed E-state index contributed by atoms with van der Waals surface area (Å²) in [6.07, 6.45) is 0. The molecule has 0 fully saturated rings. The standard InChI is InChI=1S/C14H21NO/c1-10(2)11-5-6-13-12(7-11)15-8-14(3,4)9-16-13/h5-7,10,15H,8-9H2,1-4H3. The van der Waals surface area contributed by atoms with Crippen LogP contribution in [-0.2, 0) is 0 Å². The normalized spacial score (nSPS) is 18.3. The average Bonchev–Trinajstić information content (AvgIpc) is 2.38. The second-order valence-electron chi connectivity index (χ2n) is 5.72. The molecule has 0 aromatic heterocycles. The van der Waals surface area contributed by atoms with E-state index in [9.17, 15) is 0 Å². The number of ether oxygens (including phenoxy) is 1. The maximum atomic E-state index is 5.84. The number of anilines is 1. The van der Waals surface area contributed by atoms with Crippen molar-refractivity contribution in [2.45, 2.75) is 33.6 Å². The van der Waals surface area contributed by atoms with Crippen LogP contribution in [0.25, 0.3) is 0 Å². The van der Waals surface area contributed by atoms with Gasteiger partial charge in [-0.05, 0) is 23.6 Å². The molecule has 2 heteroatoms. The van der Waals surface area contributed by atoms with E-state index in [1.54, 1.807) is 0 Å². The van der Waals surface area contributed by atoms with E-state index in [0.717, 1.165) is 24.6 Å². The van der Waals surface area contributed by atoms with Gasteiger partial charge in [-0.15, -0.1) is 0 Å². The van der Waals surface area contributed by atoms with Gasteiger partial charge in [0.15, 0.2) is 0 Å². The Morgan fingerprint density at radius 2 is 2.06 bits per heavy atom. The summed E-state index contributed by atoms with van der Waals surface area (Å²) in [6.45, 7) is 10.6. The molecular formula is C14H21NO. The zero-order chi connectivity index (χ0) is 11.8. The van der Waals surface area contributed by atoms with Crippen LogP contribution in [0.1, 0.15) is 39.2 Å². The Balaban J connectivity index is 2.29. The highest BCUT2D eigenvalue weighted by molar-refractivity contribution is 5.59. The Labute approximate surface area is 98.0 Å². The molecule has 1 aromatic carbocycles. The van der Waals surface area contributed by atoms with E-state index in [0.29, 0.717) is 5.92 Å². The smallest absolute Gasteiger partial charge is 0.142 e. The van der Waals surface area contributed by atoms with Gasteiger partial charge in [-0.3, -0.25) is 0 Å². The molecule has 0 saturated heterocycles. The lowest BCUT2D eigenvalue weighted by Gasteiger charge is -2.20. The third-order valence-electron chi connectivity index (χ3n) is 3.05. The van der Waals surface area contributed by atoms with Crippen molar-refractivity contribution >= 4 is 5.69 Å². The van der Waals surface area contributed by atoms with Gasteiger partial charge in [0.2, 0.25) is 0 Å². The first-order valence-corrected chi connectivity index (χ1v) is 5.98. The Hall–Kier alpha value is -1.18. The summed E-state index contributed by atoms with van der Waals surface area (Å²) in [7, 11) is 0. The Bertz CT molecular complexity index is 382. The highest BCUT2D eigenvalue weighted by Crippen LogP contribution is 2.33. The molecule has 0 aliphatic carbocycles. The third kappa shape index (κ3) is 2.31. The molecule has 1 aliphatic rings. The molecule has 0 atom stereocenters. The lowest BCUT2D eigenvalue weighted by Crippen LogP contribution is -2.27. The van der Waals surface area contributed by atoms with Crippen molar-refractivity contribution < 1.29 is 4.74 Å². The van der Waals surface area contributed by atoms with Crippen molar-refractivity contribution in [3.8, 4) is 5.75 Å². The van der Waals surface area contributed by atoms with Crippen molar-refractivity contribution in [3.63, 3.8) is 0 Å². The quantitative estimate of drug-likeness (QED) is 0.778. The van der Waals surface area contributed by atoms with Crippen LogP contribution >= 0.6 is 0 Å². The van der Waals surface area contributed by atoms with Crippen molar-refractivity contribution in [1.82, 2.24) is 0 Å². The van der Waals surface area contributed by atoms with E-state index >= 15 is 0 Å². The van der Waals surface area contributed by atoms with Gasteiger partial charge >= 0.3 is 0 Å². The Morgan fingerprint density at radius 3 is 2.75 bits per heavy atom. The van der Waals surface area contributed by atoms with Crippen LogP contribution in [0.3, 0.4) is 0 Å². The van der Waals surface area contributed by atoms with E-state index in [-0.39, 0.29) is 5.41 Å². The molecule has 1 aromatic rings. The number of hydrogen-bond donors (Lipinski definition) is 1. The molecule has 0 amide bonds. The minimum absolute atomic E-state index is 0.191. The molecule has 0 unspecified atom stereocenters. The number of rotatable bonds is 1. The van der Waals surface area contributed by atoms with E-state index in [4.69, 9.17) is 4.74 Å². The lowest BCUT2D eigenvalue weighted by atomic mass is 9.95. The van der Waals surface area contributed by atoms with Crippen molar-refractivity contribution in [3.05, 3.63) is 23.8 Å². The maximum absolute atomic E-state index is 5.84. The summed E-state index contributed by atoms with van der Waals surface area (Å²) in [6, 6.07) is 6.45. The number of benzene rings is 1. The second kappa shape index (κ2) is 4.00. The van der Waals surface area contributed by atoms with Gasteiger partial charge in [-0.2, -0.15) is 0 Å². The summed E-state index contributed by atoms with van der Waals surface area (Å²) < 4.78 is 5.84. The number of nitrogens with one attached hydrogen (secondary N) is 1. The fourth-order valence-corrected chi connectivity index (χ4v) is 1.83. The van der Waals surface area contributed by atoms with Gasteiger partial charge in [0, 0.05) is 12.0 Å². The van der Waals surface area contributed by atoms with E-state index < -0.39 is 0 Å². The predicted molar refractivity (Wildman–Crippen MR) is 68.3 cm³/mol. The minimum atomic E-state index is 0.191. The lowest BCUT2D eigenvalue weighted by molar-refractivity contribution is 0.200. The van der Waals surface area contributed by atoms with Crippen LogP contribution in [0.5, 0.6) is 5.75 Å². The molecule has 0 saturated carbocycles. The fraction of sp³-hybridized carbons (Fsp3) is 0.571. The van der Waals surface area contributed by atoms with Crippen molar-refractivity contribution in [2.24, 2.45) is 5.41 Å². The van der Waals surface area contributed by atoms with Crippen LogP contribution < -0.4 is 10.1 Å². The van der Waals surface area contributed by atoms with Crippen LogP contribution in [0, 0.1) is 5.41 Å². The number of fused-ring (bicyclic) bond motifs is 1. The molecule has 1 N–H and O–H groups in total. The molecule has 16 heavy (non-hydrogen) atoms. The Morgan fingerprint density at radius 1 is 1.31 bits per heavy atom. The van der Waals surface area contributed by atoms with Gasteiger partial charge in [0.05, 0.1) is 12.3 Å². The molecule has 0 spiro atoms. The first-order valence-electron chi connectivity index (χ1n) is 5.98. The van der Waals surface area contributed by atoms with Crippen LogP contribution in [-0.4, -0.2) is 13.2 Å². The maximum Gasteiger partial charge on any atom is 0.142 e. The summed E-state index contributed by atoms with van der Waals surface area (Å²) in [5.41, 5.74) is 2.68. The molecule has 1 heterocycles. The zero-order valence-electron chi connectivity index (χ0n) is 10.6. The van der Waals surface area contributed by atoms with E-state index in [1.165, 1.54) is 5.56 Å². The first kappa shape index (κ1) is 11.3. The first-order chi connectivity index (χ1) is 7.48. The fourth-order valence-electron chi connectivity index (χ4n) is 1.83. The summed E-state index contributed by atoms with van der Waals surface area (Å²) >= 11 is 0. The Kier molecular flexibility index (Phi) is 2.83. The molecule has 88 valence electrons. The molecule has 0 bridgehead atoms.